The molecule has 0 N–H and O–H groups in total. The SMILES string of the molecule is O=S(=O)(c1ccccc1)c1ccc2cnccc2c1. The highest BCUT2D eigenvalue weighted by atomic mass is 32.2. The van der Waals surface area contributed by atoms with Crippen molar-refractivity contribution >= 4 is 20.6 Å². The van der Waals surface area contributed by atoms with E-state index in [9.17, 15) is 8.42 Å². The second-order valence-corrected chi connectivity index (χ2v) is 6.15. The minimum absolute atomic E-state index is 0.303. The Morgan fingerprint density at radius 2 is 1.58 bits per heavy atom. The van der Waals surface area contributed by atoms with Crippen LogP contribution in [0.1, 0.15) is 0 Å². The molecule has 3 nitrogen and oxygen atoms in total. The molecule has 3 rings (SSSR count). The van der Waals surface area contributed by atoms with E-state index >= 15 is 0 Å². The molecule has 0 spiro atoms. The van der Waals surface area contributed by atoms with E-state index in [1.807, 2.05) is 0 Å². The molecule has 19 heavy (non-hydrogen) atoms. The van der Waals surface area contributed by atoms with E-state index in [0.29, 0.717) is 9.79 Å². The fourth-order valence-electron chi connectivity index (χ4n) is 1.96. The van der Waals surface area contributed by atoms with E-state index in [4.69, 9.17) is 0 Å². The van der Waals surface area contributed by atoms with Gasteiger partial charge in [0.1, 0.15) is 0 Å². The number of sulfone groups is 1. The van der Waals surface area contributed by atoms with Crippen LogP contribution in [0.15, 0.2) is 76.8 Å². The average molecular weight is 269 g/mol. The summed E-state index contributed by atoms with van der Waals surface area (Å²) in [5.74, 6) is 0. The van der Waals surface area contributed by atoms with Gasteiger partial charge in [-0.2, -0.15) is 0 Å². The molecule has 0 saturated heterocycles. The van der Waals surface area contributed by atoms with Crippen LogP contribution in [0.5, 0.6) is 0 Å². The minimum Gasteiger partial charge on any atom is -0.264 e. The van der Waals surface area contributed by atoms with Gasteiger partial charge in [0.05, 0.1) is 9.79 Å². The molecular formula is C15H11NO2S. The normalized spacial score (nSPS) is 11.6. The van der Waals surface area contributed by atoms with Gasteiger partial charge in [0.2, 0.25) is 9.84 Å². The highest BCUT2D eigenvalue weighted by Crippen LogP contribution is 2.23. The predicted octanol–water partition coefficient (Wildman–Crippen LogP) is 3.07. The molecule has 3 aromatic rings. The number of hydrogen-bond acceptors (Lipinski definition) is 3. The number of rotatable bonds is 2. The minimum atomic E-state index is -3.45. The Morgan fingerprint density at radius 1 is 0.789 bits per heavy atom. The molecule has 1 heterocycles. The van der Waals surface area contributed by atoms with Gasteiger partial charge >= 0.3 is 0 Å². The Balaban J connectivity index is 2.19. The highest BCUT2D eigenvalue weighted by Gasteiger charge is 2.17. The van der Waals surface area contributed by atoms with E-state index < -0.39 is 9.84 Å². The molecule has 0 fully saturated rings. The number of fused-ring (bicyclic) bond motifs is 1. The summed E-state index contributed by atoms with van der Waals surface area (Å²) in [6.07, 6.45) is 3.37. The largest absolute Gasteiger partial charge is 0.264 e. The fourth-order valence-corrected chi connectivity index (χ4v) is 3.28. The predicted molar refractivity (Wildman–Crippen MR) is 73.6 cm³/mol. The van der Waals surface area contributed by atoms with Crippen molar-refractivity contribution in [2.24, 2.45) is 0 Å². The maximum Gasteiger partial charge on any atom is 0.206 e. The maximum absolute atomic E-state index is 12.5. The van der Waals surface area contributed by atoms with Crippen molar-refractivity contribution in [3.05, 3.63) is 67.0 Å². The zero-order valence-corrected chi connectivity index (χ0v) is 10.8. The summed E-state index contributed by atoms with van der Waals surface area (Å²) in [5, 5.41) is 1.79. The van der Waals surface area contributed by atoms with Crippen LogP contribution in [0.2, 0.25) is 0 Å². The third-order valence-electron chi connectivity index (χ3n) is 2.98. The van der Waals surface area contributed by atoms with Crippen LogP contribution in [0.25, 0.3) is 10.8 Å². The number of hydrogen-bond donors (Lipinski definition) is 0. The maximum atomic E-state index is 12.5. The van der Waals surface area contributed by atoms with Gasteiger partial charge in [0.25, 0.3) is 0 Å². The number of benzene rings is 2. The van der Waals surface area contributed by atoms with Crippen LogP contribution < -0.4 is 0 Å². The lowest BCUT2D eigenvalue weighted by Gasteiger charge is -2.05. The molecule has 0 amide bonds. The molecular weight excluding hydrogens is 258 g/mol. The Hall–Kier alpha value is -2.20. The summed E-state index contributed by atoms with van der Waals surface area (Å²) in [6, 6.07) is 15.3. The van der Waals surface area contributed by atoms with E-state index in [0.717, 1.165) is 10.8 Å². The van der Waals surface area contributed by atoms with Crippen LogP contribution in [-0.2, 0) is 9.84 Å². The zero-order valence-electron chi connectivity index (χ0n) is 10.0. The van der Waals surface area contributed by atoms with Crippen LogP contribution in [0.3, 0.4) is 0 Å². The van der Waals surface area contributed by atoms with E-state index in [2.05, 4.69) is 4.98 Å². The first-order valence-electron chi connectivity index (χ1n) is 5.82. The summed E-state index contributed by atoms with van der Waals surface area (Å²) < 4.78 is 24.9. The van der Waals surface area contributed by atoms with E-state index in [-0.39, 0.29) is 0 Å². The molecule has 0 atom stereocenters. The van der Waals surface area contributed by atoms with Gasteiger partial charge in [0, 0.05) is 17.8 Å². The van der Waals surface area contributed by atoms with Gasteiger partial charge < -0.3 is 0 Å². The lowest BCUT2D eigenvalue weighted by Crippen LogP contribution is -2.01. The van der Waals surface area contributed by atoms with Crippen LogP contribution >= 0.6 is 0 Å². The van der Waals surface area contributed by atoms with Crippen LogP contribution in [0.4, 0.5) is 0 Å². The van der Waals surface area contributed by atoms with Crippen molar-refractivity contribution in [3.63, 3.8) is 0 Å². The topological polar surface area (TPSA) is 47.0 Å². The van der Waals surface area contributed by atoms with Crippen molar-refractivity contribution in [2.75, 3.05) is 0 Å². The first-order valence-corrected chi connectivity index (χ1v) is 7.30. The highest BCUT2D eigenvalue weighted by molar-refractivity contribution is 7.91. The summed E-state index contributed by atoms with van der Waals surface area (Å²) >= 11 is 0. The van der Waals surface area contributed by atoms with Crippen molar-refractivity contribution in [2.45, 2.75) is 9.79 Å². The monoisotopic (exact) mass is 269 g/mol. The number of nitrogens with zero attached hydrogens (tertiary/aromatic N) is 1. The molecule has 1 aromatic heterocycles. The van der Waals surface area contributed by atoms with Gasteiger partial charge in [-0.15, -0.1) is 0 Å². The van der Waals surface area contributed by atoms with Crippen LogP contribution in [0, 0.1) is 0 Å². The molecule has 0 radical (unpaired) electrons. The Bertz CT molecular complexity index is 827. The fraction of sp³-hybridized carbons (Fsp3) is 0. The van der Waals surface area contributed by atoms with Gasteiger partial charge in [0.15, 0.2) is 0 Å². The van der Waals surface area contributed by atoms with Crippen molar-refractivity contribution in [1.29, 1.82) is 0 Å². The molecule has 0 aliphatic carbocycles. The Morgan fingerprint density at radius 3 is 2.37 bits per heavy atom. The third-order valence-corrected chi connectivity index (χ3v) is 4.74. The molecule has 0 bridgehead atoms. The summed E-state index contributed by atoms with van der Waals surface area (Å²) in [7, 11) is -3.45. The standard InChI is InChI=1S/C15H11NO2S/c17-19(18,14-4-2-1-3-5-14)15-7-6-13-11-16-9-8-12(13)10-15/h1-11H. The first kappa shape index (κ1) is 11.9. The molecule has 2 aromatic carbocycles. The Kier molecular flexibility index (Phi) is 2.80. The second-order valence-electron chi connectivity index (χ2n) is 4.20. The summed E-state index contributed by atoms with van der Waals surface area (Å²) in [6.45, 7) is 0. The van der Waals surface area contributed by atoms with Crippen molar-refractivity contribution < 1.29 is 8.42 Å². The van der Waals surface area contributed by atoms with Gasteiger partial charge in [-0.3, -0.25) is 4.98 Å². The summed E-state index contributed by atoms with van der Waals surface area (Å²) in [4.78, 5) is 4.63. The lowest BCUT2D eigenvalue weighted by molar-refractivity contribution is 0.596. The third kappa shape index (κ3) is 2.11. The average Bonchev–Trinajstić information content (AvgIpc) is 2.47. The molecule has 0 aliphatic rings. The lowest BCUT2D eigenvalue weighted by atomic mass is 10.2. The van der Waals surface area contributed by atoms with E-state index in [1.165, 1.54) is 0 Å². The smallest absolute Gasteiger partial charge is 0.206 e. The molecule has 0 unspecified atom stereocenters. The quantitative estimate of drug-likeness (QED) is 0.718. The number of aromatic nitrogens is 1. The van der Waals surface area contributed by atoms with Gasteiger partial charge in [-0.05, 0) is 35.7 Å². The van der Waals surface area contributed by atoms with Crippen molar-refractivity contribution in [3.8, 4) is 0 Å². The van der Waals surface area contributed by atoms with E-state index in [1.54, 1.807) is 67.0 Å². The first-order chi connectivity index (χ1) is 9.18. The van der Waals surface area contributed by atoms with Gasteiger partial charge in [-0.25, -0.2) is 8.42 Å². The summed E-state index contributed by atoms with van der Waals surface area (Å²) in [5.41, 5.74) is 0. The molecule has 0 aliphatic heterocycles. The zero-order chi connectivity index (χ0) is 13.3. The van der Waals surface area contributed by atoms with Crippen molar-refractivity contribution in [1.82, 2.24) is 4.98 Å². The van der Waals surface area contributed by atoms with Crippen LogP contribution in [-0.4, -0.2) is 13.4 Å². The Labute approximate surface area is 111 Å². The number of pyridine rings is 1. The molecule has 4 heteroatoms. The molecule has 94 valence electrons. The second kappa shape index (κ2) is 4.48. The molecule has 0 saturated carbocycles. The van der Waals surface area contributed by atoms with Gasteiger partial charge in [-0.1, -0.05) is 24.3 Å².